The predicted octanol–water partition coefficient (Wildman–Crippen LogP) is 4.64. The van der Waals surface area contributed by atoms with Gasteiger partial charge in [-0.2, -0.15) is 0 Å². The van der Waals surface area contributed by atoms with E-state index in [0.29, 0.717) is 16.5 Å². The fraction of sp³-hybridized carbons (Fsp3) is 0.448. The van der Waals surface area contributed by atoms with Gasteiger partial charge in [0, 0.05) is 38.0 Å². The van der Waals surface area contributed by atoms with Crippen molar-refractivity contribution in [1.29, 1.82) is 0 Å². The molecule has 0 saturated carbocycles. The zero-order chi connectivity index (χ0) is 25.3. The smallest absolute Gasteiger partial charge is 0.253 e. The first-order chi connectivity index (χ1) is 17.5. The van der Waals surface area contributed by atoms with Gasteiger partial charge in [0.1, 0.15) is 6.23 Å². The lowest BCUT2D eigenvalue weighted by Gasteiger charge is -2.35. The molecule has 3 N–H and O–H groups in total. The molecule has 1 saturated heterocycles. The molecule has 1 aromatic carbocycles. The maximum atomic E-state index is 12.8. The molecule has 0 radical (unpaired) electrons. The van der Waals surface area contributed by atoms with E-state index in [2.05, 4.69) is 33.2 Å². The lowest BCUT2D eigenvalue weighted by molar-refractivity contribution is 0.0943. The van der Waals surface area contributed by atoms with E-state index in [-0.39, 0.29) is 11.9 Å². The Balaban J connectivity index is 1.23. The van der Waals surface area contributed by atoms with Crippen molar-refractivity contribution >= 4 is 23.7 Å². The van der Waals surface area contributed by atoms with Crippen LogP contribution in [0.15, 0.2) is 77.0 Å². The Hall–Kier alpha value is -2.67. The fourth-order valence-electron chi connectivity index (χ4n) is 5.24. The number of nitrogens with zero attached hydrogens (tertiary/aromatic N) is 2. The number of aliphatic imine (C=N–C) groups is 1. The molecule has 192 valence electrons. The number of piperidine rings is 1. The summed E-state index contributed by atoms with van der Waals surface area (Å²) in [6.45, 7) is 7.81. The Labute approximate surface area is 219 Å². The van der Waals surface area contributed by atoms with Crippen molar-refractivity contribution in [3.8, 4) is 0 Å². The number of hydrogen-bond acceptors (Lipinski definition) is 5. The van der Waals surface area contributed by atoms with Gasteiger partial charge < -0.3 is 15.3 Å². The van der Waals surface area contributed by atoms with Crippen molar-refractivity contribution in [2.75, 3.05) is 26.2 Å². The molecule has 2 atom stereocenters. The van der Waals surface area contributed by atoms with Gasteiger partial charge in [-0.1, -0.05) is 42.5 Å². The molecule has 1 aromatic rings. The van der Waals surface area contributed by atoms with Gasteiger partial charge in [-0.05, 0) is 80.0 Å². The second-order valence-electron chi connectivity index (χ2n) is 9.67. The molecule has 0 aromatic heterocycles. The second kappa shape index (κ2) is 13.0. The van der Waals surface area contributed by atoms with Gasteiger partial charge in [-0.3, -0.25) is 15.1 Å². The number of amides is 1. The molecular weight excluding hydrogens is 472 g/mol. The van der Waals surface area contributed by atoms with E-state index in [1.54, 1.807) is 30.3 Å². The topological polar surface area (TPSA) is 77.0 Å². The van der Waals surface area contributed by atoms with Gasteiger partial charge in [0.05, 0.1) is 16.6 Å². The highest BCUT2D eigenvalue weighted by molar-refractivity contribution is 6.33. The monoisotopic (exact) mass is 508 g/mol. The van der Waals surface area contributed by atoms with Crippen LogP contribution in [0.25, 0.3) is 0 Å². The van der Waals surface area contributed by atoms with Crippen LogP contribution in [0.2, 0.25) is 5.02 Å². The van der Waals surface area contributed by atoms with Crippen LogP contribution >= 0.6 is 11.6 Å². The molecule has 1 amide bonds. The van der Waals surface area contributed by atoms with E-state index in [1.165, 1.54) is 18.5 Å². The number of carbonyl (C=O) groups is 1. The molecule has 2 heterocycles. The van der Waals surface area contributed by atoms with Crippen molar-refractivity contribution in [3.63, 3.8) is 0 Å². The van der Waals surface area contributed by atoms with Crippen LogP contribution in [0.5, 0.6) is 0 Å². The van der Waals surface area contributed by atoms with Gasteiger partial charge >= 0.3 is 0 Å². The summed E-state index contributed by atoms with van der Waals surface area (Å²) in [6.07, 6.45) is 15.0. The number of halogens is 1. The number of carbonyl (C=O) groups excluding carboxylic acids is 1. The molecule has 7 heteroatoms. The SMILES string of the molecule is C=CC1=C(C=CC(O)NCCC2CCN(C3=CC=NCC3)CC2)[C@H](NC(=O)c2ccccc2Cl)CC1. The zero-order valence-electron chi connectivity index (χ0n) is 20.8. The maximum absolute atomic E-state index is 12.8. The highest BCUT2D eigenvalue weighted by Crippen LogP contribution is 2.29. The number of allylic oxidation sites excluding steroid dienone is 3. The minimum atomic E-state index is -0.740. The third kappa shape index (κ3) is 6.96. The highest BCUT2D eigenvalue weighted by atomic mass is 35.5. The van der Waals surface area contributed by atoms with Crippen LogP contribution in [0.3, 0.4) is 0 Å². The number of aliphatic hydroxyl groups is 1. The van der Waals surface area contributed by atoms with Crippen molar-refractivity contribution in [2.45, 2.75) is 50.8 Å². The van der Waals surface area contributed by atoms with Crippen LogP contribution < -0.4 is 10.6 Å². The molecule has 4 rings (SSSR count). The van der Waals surface area contributed by atoms with Crippen LogP contribution in [0, 0.1) is 5.92 Å². The van der Waals surface area contributed by atoms with Crippen molar-refractivity contribution in [2.24, 2.45) is 10.9 Å². The molecule has 2 aliphatic heterocycles. The summed E-state index contributed by atoms with van der Waals surface area (Å²) in [5, 5.41) is 17.3. The fourth-order valence-corrected chi connectivity index (χ4v) is 5.47. The molecule has 1 aliphatic carbocycles. The summed E-state index contributed by atoms with van der Waals surface area (Å²) in [7, 11) is 0. The van der Waals surface area contributed by atoms with Crippen LogP contribution in [-0.2, 0) is 0 Å². The predicted molar refractivity (Wildman–Crippen MR) is 147 cm³/mol. The first-order valence-corrected chi connectivity index (χ1v) is 13.4. The normalized spacial score (nSPS) is 21.7. The summed E-state index contributed by atoms with van der Waals surface area (Å²) < 4.78 is 0. The Kier molecular flexibility index (Phi) is 9.56. The summed E-state index contributed by atoms with van der Waals surface area (Å²) in [5.41, 5.74) is 3.96. The second-order valence-corrected chi connectivity index (χ2v) is 10.1. The average molecular weight is 509 g/mol. The van der Waals surface area contributed by atoms with E-state index >= 15 is 0 Å². The molecule has 0 spiro atoms. The van der Waals surface area contributed by atoms with E-state index in [0.717, 1.165) is 63.0 Å². The molecule has 1 unspecified atom stereocenters. The number of nitrogens with one attached hydrogen (secondary N) is 2. The molecular formula is C29H37ClN4O2. The van der Waals surface area contributed by atoms with Crippen molar-refractivity contribution in [3.05, 3.63) is 82.6 Å². The summed E-state index contributed by atoms with van der Waals surface area (Å²) in [4.78, 5) is 19.5. The Bertz CT molecular complexity index is 1050. The maximum Gasteiger partial charge on any atom is 0.253 e. The Morgan fingerprint density at radius 2 is 2.06 bits per heavy atom. The summed E-state index contributed by atoms with van der Waals surface area (Å²) >= 11 is 6.19. The quantitative estimate of drug-likeness (QED) is 0.402. The minimum absolute atomic E-state index is 0.138. The van der Waals surface area contributed by atoms with Crippen LogP contribution in [-0.4, -0.2) is 60.6 Å². The molecule has 1 fully saturated rings. The lowest BCUT2D eigenvalue weighted by Crippen LogP contribution is -2.36. The van der Waals surface area contributed by atoms with Gasteiger partial charge in [-0.15, -0.1) is 0 Å². The first-order valence-electron chi connectivity index (χ1n) is 13.0. The lowest BCUT2D eigenvalue weighted by atomic mass is 9.93. The van der Waals surface area contributed by atoms with Gasteiger partial charge in [0.25, 0.3) is 5.91 Å². The molecule has 3 aliphatic rings. The van der Waals surface area contributed by atoms with E-state index in [1.807, 2.05) is 18.4 Å². The molecule has 6 nitrogen and oxygen atoms in total. The Morgan fingerprint density at radius 1 is 1.25 bits per heavy atom. The summed E-state index contributed by atoms with van der Waals surface area (Å²) in [6, 6.07) is 6.91. The van der Waals surface area contributed by atoms with Crippen LogP contribution in [0.1, 0.15) is 48.9 Å². The standard InChI is InChI=1S/C29H37ClN4O2/c1-2-22-7-9-27(33-29(36)25-5-3-4-6-26(25)30)24(22)8-10-28(35)32-18-11-21-14-19-34(20-15-21)23-12-16-31-17-13-23/h2-6,8,10,12,16,21,27-28,32,35H,1,7,9,11,13-15,17-20H2,(H,33,36)/t27-,28?/m1/s1. The first kappa shape index (κ1) is 26.4. The largest absolute Gasteiger partial charge is 0.375 e. The third-order valence-electron chi connectivity index (χ3n) is 7.37. The van der Waals surface area contributed by atoms with Crippen LogP contribution in [0.4, 0.5) is 0 Å². The van der Waals surface area contributed by atoms with E-state index in [9.17, 15) is 9.90 Å². The van der Waals surface area contributed by atoms with Gasteiger partial charge in [0.2, 0.25) is 0 Å². The van der Waals surface area contributed by atoms with Gasteiger partial charge in [-0.25, -0.2) is 0 Å². The van der Waals surface area contributed by atoms with Crippen molar-refractivity contribution < 1.29 is 9.90 Å². The molecule has 0 bridgehead atoms. The third-order valence-corrected chi connectivity index (χ3v) is 7.70. The summed E-state index contributed by atoms with van der Waals surface area (Å²) in [5.74, 6) is 0.483. The highest BCUT2D eigenvalue weighted by Gasteiger charge is 2.25. The van der Waals surface area contributed by atoms with Gasteiger partial charge in [0.15, 0.2) is 0 Å². The van der Waals surface area contributed by atoms with E-state index in [4.69, 9.17) is 11.6 Å². The molecule has 36 heavy (non-hydrogen) atoms. The number of aliphatic hydroxyl groups excluding tert-OH is 1. The Morgan fingerprint density at radius 3 is 2.78 bits per heavy atom. The van der Waals surface area contributed by atoms with E-state index < -0.39 is 6.23 Å². The average Bonchev–Trinajstić information content (AvgIpc) is 3.29. The number of hydrogen-bond donors (Lipinski definition) is 3. The number of dihydropyridines is 1. The zero-order valence-corrected chi connectivity index (χ0v) is 21.6. The minimum Gasteiger partial charge on any atom is -0.375 e. The van der Waals surface area contributed by atoms with Crippen molar-refractivity contribution in [1.82, 2.24) is 15.5 Å². The number of benzene rings is 1. The number of likely N-dealkylation sites (tertiary alicyclic amines) is 1. The number of rotatable bonds is 10.